The first-order valence-corrected chi connectivity index (χ1v) is 9.12. The number of benzene rings is 2. The molecule has 0 spiro atoms. The molecule has 1 aliphatic rings. The molecule has 1 aliphatic heterocycles. The van der Waals surface area contributed by atoms with Crippen molar-refractivity contribution in [3.63, 3.8) is 0 Å². The fourth-order valence-electron chi connectivity index (χ4n) is 3.35. The monoisotopic (exact) mass is 355 g/mol. The summed E-state index contributed by atoms with van der Waals surface area (Å²) in [4.78, 5) is 16.9. The van der Waals surface area contributed by atoms with Gasteiger partial charge in [-0.25, -0.2) is 4.39 Å². The zero-order chi connectivity index (χ0) is 18.5. The third kappa shape index (κ3) is 4.61. The van der Waals surface area contributed by atoms with Crippen molar-refractivity contribution in [3.05, 3.63) is 59.4 Å². The Morgan fingerprint density at radius 1 is 1.00 bits per heavy atom. The van der Waals surface area contributed by atoms with Crippen LogP contribution < -0.4 is 10.2 Å². The molecular formula is C21H26FN3O. The minimum absolute atomic E-state index is 0.0587. The molecule has 0 saturated carbocycles. The van der Waals surface area contributed by atoms with Crippen LogP contribution in [0.5, 0.6) is 0 Å². The van der Waals surface area contributed by atoms with E-state index in [1.807, 2.05) is 44.2 Å². The van der Waals surface area contributed by atoms with E-state index in [0.29, 0.717) is 6.42 Å². The van der Waals surface area contributed by atoms with Crippen LogP contribution >= 0.6 is 0 Å². The summed E-state index contributed by atoms with van der Waals surface area (Å²) < 4.78 is 13.0. The van der Waals surface area contributed by atoms with Gasteiger partial charge in [-0.3, -0.25) is 9.69 Å². The van der Waals surface area contributed by atoms with Gasteiger partial charge in [0, 0.05) is 50.5 Å². The lowest BCUT2D eigenvalue weighted by atomic mass is 10.1. The van der Waals surface area contributed by atoms with Gasteiger partial charge in [0.1, 0.15) is 5.82 Å². The Hall–Kier alpha value is -2.40. The molecule has 0 unspecified atom stereocenters. The zero-order valence-electron chi connectivity index (χ0n) is 15.5. The summed E-state index contributed by atoms with van der Waals surface area (Å²) in [5.41, 5.74) is 4.16. The highest BCUT2D eigenvalue weighted by molar-refractivity contribution is 5.92. The Morgan fingerprint density at radius 3 is 2.23 bits per heavy atom. The maximum absolute atomic E-state index is 13.0. The molecule has 1 N–H and O–H groups in total. The predicted molar refractivity (Wildman–Crippen MR) is 104 cm³/mol. The number of halogens is 1. The Bertz CT molecular complexity index is 732. The number of anilines is 2. The van der Waals surface area contributed by atoms with E-state index in [0.717, 1.165) is 55.2 Å². The molecule has 26 heavy (non-hydrogen) atoms. The first kappa shape index (κ1) is 18.4. The summed E-state index contributed by atoms with van der Waals surface area (Å²) in [6, 6.07) is 12.7. The molecule has 2 aromatic rings. The number of piperazine rings is 1. The minimum Gasteiger partial charge on any atom is -0.369 e. The second-order valence-electron chi connectivity index (χ2n) is 6.87. The van der Waals surface area contributed by atoms with Gasteiger partial charge >= 0.3 is 0 Å². The van der Waals surface area contributed by atoms with Gasteiger partial charge < -0.3 is 10.2 Å². The van der Waals surface area contributed by atoms with Crippen molar-refractivity contribution < 1.29 is 9.18 Å². The summed E-state index contributed by atoms with van der Waals surface area (Å²) in [7, 11) is 0. The summed E-state index contributed by atoms with van der Waals surface area (Å²) in [5, 5.41) is 3.05. The second kappa shape index (κ2) is 8.32. The van der Waals surface area contributed by atoms with E-state index < -0.39 is 0 Å². The van der Waals surface area contributed by atoms with E-state index in [1.165, 1.54) is 12.1 Å². The molecule has 138 valence electrons. The molecule has 1 fully saturated rings. The fraction of sp³-hybridized carbons (Fsp3) is 0.381. The molecule has 4 nitrogen and oxygen atoms in total. The number of nitrogens with one attached hydrogen (secondary N) is 1. The first-order chi connectivity index (χ1) is 12.5. The van der Waals surface area contributed by atoms with Crippen molar-refractivity contribution in [2.75, 3.05) is 42.9 Å². The average Bonchev–Trinajstić information content (AvgIpc) is 2.64. The van der Waals surface area contributed by atoms with E-state index >= 15 is 0 Å². The molecule has 0 aromatic heterocycles. The van der Waals surface area contributed by atoms with Crippen molar-refractivity contribution in [1.82, 2.24) is 4.90 Å². The molecule has 1 heterocycles. The topological polar surface area (TPSA) is 35.6 Å². The highest BCUT2D eigenvalue weighted by atomic mass is 19.1. The molecule has 1 saturated heterocycles. The highest BCUT2D eigenvalue weighted by Gasteiger charge is 2.18. The SMILES string of the molecule is Cc1cccc(C)c1NC(=O)CCN1CCN(c2ccc(F)cc2)CC1. The van der Waals surface area contributed by atoms with Crippen molar-refractivity contribution in [1.29, 1.82) is 0 Å². The predicted octanol–water partition coefficient (Wildman–Crippen LogP) is 3.59. The summed E-state index contributed by atoms with van der Waals surface area (Å²) in [6.45, 7) is 8.39. The quantitative estimate of drug-likeness (QED) is 0.890. The van der Waals surface area contributed by atoms with Gasteiger partial charge in [0.2, 0.25) is 5.91 Å². The van der Waals surface area contributed by atoms with Gasteiger partial charge in [0.15, 0.2) is 0 Å². The van der Waals surface area contributed by atoms with E-state index in [2.05, 4.69) is 15.1 Å². The molecule has 0 radical (unpaired) electrons. The Kier molecular flexibility index (Phi) is 5.89. The van der Waals surface area contributed by atoms with Gasteiger partial charge in [0.25, 0.3) is 0 Å². The van der Waals surface area contributed by atoms with Crippen LogP contribution in [0.25, 0.3) is 0 Å². The smallest absolute Gasteiger partial charge is 0.225 e. The average molecular weight is 355 g/mol. The molecular weight excluding hydrogens is 329 g/mol. The van der Waals surface area contributed by atoms with Crippen LogP contribution in [0.1, 0.15) is 17.5 Å². The maximum atomic E-state index is 13.0. The lowest BCUT2D eigenvalue weighted by molar-refractivity contribution is -0.116. The Morgan fingerprint density at radius 2 is 1.62 bits per heavy atom. The normalized spacial score (nSPS) is 15.1. The van der Waals surface area contributed by atoms with E-state index in [4.69, 9.17) is 0 Å². The molecule has 3 rings (SSSR count). The number of nitrogens with zero attached hydrogens (tertiary/aromatic N) is 2. The first-order valence-electron chi connectivity index (χ1n) is 9.12. The van der Waals surface area contributed by atoms with Crippen molar-refractivity contribution in [2.24, 2.45) is 0 Å². The highest BCUT2D eigenvalue weighted by Crippen LogP contribution is 2.20. The Balaban J connectivity index is 1.45. The number of hydrogen-bond acceptors (Lipinski definition) is 3. The van der Waals surface area contributed by atoms with E-state index in [1.54, 1.807) is 0 Å². The number of hydrogen-bond donors (Lipinski definition) is 1. The third-order valence-corrected chi connectivity index (χ3v) is 4.96. The Labute approximate surface area is 154 Å². The lowest BCUT2D eigenvalue weighted by Gasteiger charge is -2.36. The van der Waals surface area contributed by atoms with Crippen LogP contribution in [0.4, 0.5) is 15.8 Å². The standard InChI is InChI=1S/C21H26FN3O/c1-16-4-3-5-17(2)21(16)23-20(26)10-11-24-12-14-25(15-13-24)19-8-6-18(22)7-9-19/h3-9H,10-15H2,1-2H3,(H,23,26). The zero-order valence-corrected chi connectivity index (χ0v) is 15.5. The van der Waals surface area contributed by atoms with E-state index in [9.17, 15) is 9.18 Å². The van der Waals surface area contributed by atoms with Crippen LogP contribution in [-0.2, 0) is 4.79 Å². The number of carbonyl (C=O) groups is 1. The largest absolute Gasteiger partial charge is 0.369 e. The van der Waals surface area contributed by atoms with Crippen LogP contribution in [0, 0.1) is 19.7 Å². The maximum Gasteiger partial charge on any atom is 0.225 e. The lowest BCUT2D eigenvalue weighted by Crippen LogP contribution is -2.47. The summed E-state index contributed by atoms with van der Waals surface area (Å²) >= 11 is 0. The van der Waals surface area contributed by atoms with Gasteiger partial charge in [-0.15, -0.1) is 0 Å². The summed E-state index contributed by atoms with van der Waals surface area (Å²) in [6.07, 6.45) is 0.490. The van der Waals surface area contributed by atoms with E-state index in [-0.39, 0.29) is 11.7 Å². The van der Waals surface area contributed by atoms with Crippen LogP contribution in [-0.4, -0.2) is 43.5 Å². The molecule has 5 heteroatoms. The molecule has 0 aliphatic carbocycles. The molecule has 0 atom stereocenters. The molecule has 2 aromatic carbocycles. The van der Waals surface area contributed by atoms with Crippen LogP contribution in [0.2, 0.25) is 0 Å². The fourth-order valence-corrected chi connectivity index (χ4v) is 3.35. The molecule has 0 bridgehead atoms. The van der Waals surface area contributed by atoms with Gasteiger partial charge in [-0.1, -0.05) is 18.2 Å². The minimum atomic E-state index is -0.206. The number of carbonyl (C=O) groups excluding carboxylic acids is 1. The number of amides is 1. The van der Waals surface area contributed by atoms with Gasteiger partial charge in [-0.05, 0) is 49.2 Å². The van der Waals surface area contributed by atoms with Gasteiger partial charge in [0.05, 0.1) is 0 Å². The van der Waals surface area contributed by atoms with Crippen molar-refractivity contribution in [3.8, 4) is 0 Å². The van der Waals surface area contributed by atoms with Crippen molar-refractivity contribution >= 4 is 17.3 Å². The third-order valence-electron chi connectivity index (χ3n) is 4.96. The number of rotatable bonds is 5. The van der Waals surface area contributed by atoms with Crippen LogP contribution in [0.3, 0.4) is 0 Å². The number of aryl methyl sites for hydroxylation is 2. The molecule has 1 amide bonds. The summed E-state index contributed by atoms with van der Waals surface area (Å²) in [5.74, 6) is -0.148. The number of para-hydroxylation sites is 1. The second-order valence-corrected chi connectivity index (χ2v) is 6.87. The van der Waals surface area contributed by atoms with Crippen LogP contribution in [0.15, 0.2) is 42.5 Å². The van der Waals surface area contributed by atoms with Crippen molar-refractivity contribution in [2.45, 2.75) is 20.3 Å². The van der Waals surface area contributed by atoms with Gasteiger partial charge in [-0.2, -0.15) is 0 Å².